The average Bonchev–Trinajstić information content (AvgIpc) is 2.59. The van der Waals surface area contributed by atoms with Crippen molar-refractivity contribution in [2.24, 2.45) is 5.73 Å². The van der Waals surface area contributed by atoms with Gasteiger partial charge in [-0.05, 0) is 48.5 Å². The summed E-state index contributed by atoms with van der Waals surface area (Å²) in [4.78, 5) is 22.4. The van der Waals surface area contributed by atoms with Crippen LogP contribution in [0.25, 0.3) is 0 Å². The van der Waals surface area contributed by atoms with Gasteiger partial charge in [-0.3, -0.25) is 14.3 Å². The Kier molecular flexibility index (Phi) is 5.74. The van der Waals surface area contributed by atoms with Crippen LogP contribution in [0.2, 0.25) is 0 Å². The smallest absolute Gasteiger partial charge is 0.366 e. The van der Waals surface area contributed by atoms with Crippen molar-refractivity contribution >= 4 is 27.5 Å². The quantitative estimate of drug-likeness (QED) is 0.685. The molecule has 0 aliphatic rings. The Morgan fingerprint density at radius 1 is 0.926 bits per heavy atom. The lowest BCUT2D eigenvalue weighted by Crippen LogP contribution is -2.33. The van der Waals surface area contributed by atoms with Crippen LogP contribution in [0.4, 0.5) is 18.9 Å². The van der Waals surface area contributed by atoms with Crippen molar-refractivity contribution in [2.75, 3.05) is 11.3 Å². The van der Waals surface area contributed by atoms with E-state index in [0.717, 1.165) is 24.3 Å². The summed E-state index contributed by atoms with van der Waals surface area (Å²) in [7, 11) is -4.00. The highest BCUT2D eigenvalue weighted by atomic mass is 32.2. The van der Waals surface area contributed by atoms with Gasteiger partial charge in [-0.25, -0.2) is 8.42 Å². The molecule has 0 fully saturated rings. The highest BCUT2D eigenvalue weighted by molar-refractivity contribution is 7.92. The zero-order valence-electron chi connectivity index (χ0n) is 13.6. The predicted molar refractivity (Wildman–Crippen MR) is 90.6 cm³/mol. The lowest BCUT2D eigenvalue weighted by molar-refractivity contribution is -0.123. The summed E-state index contributed by atoms with van der Waals surface area (Å²) in [6, 6.07) is 9.73. The van der Waals surface area contributed by atoms with Crippen molar-refractivity contribution in [1.82, 2.24) is 5.32 Å². The topological polar surface area (TPSA) is 118 Å². The molecule has 0 aromatic heterocycles. The Labute approximate surface area is 152 Å². The van der Waals surface area contributed by atoms with Crippen molar-refractivity contribution in [2.45, 2.75) is 11.1 Å². The largest absolute Gasteiger partial charge is 0.405 e. The summed E-state index contributed by atoms with van der Waals surface area (Å²) in [5, 5.41) is 1.68. The Morgan fingerprint density at radius 3 is 1.93 bits per heavy atom. The molecular formula is C16H14F3N3O4S. The van der Waals surface area contributed by atoms with E-state index in [0.29, 0.717) is 0 Å². The number of halogens is 3. The maximum Gasteiger partial charge on any atom is 0.405 e. The zero-order valence-corrected chi connectivity index (χ0v) is 14.4. The molecule has 7 nitrogen and oxygen atoms in total. The van der Waals surface area contributed by atoms with Crippen molar-refractivity contribution in [1.29, 1.82) is 0 Å². The summed E-state index contributed by atoms with van der Waals surface area (Å²) >= 11 is 0. The number of primary amides is 1. The number of nitrogens with two attached hydrogens (primary N) is 1. The minimum Gasteiger partial charge on any atom is -0.366 e. The summed E-state index contributed by atoms with van der Waals surface area (Å²) < 4.78 is 63.2. The Hall–Kier alpha value is -3.08. The van der Waals surface area contributed by atoms with Gasteiger partial charge in [0.2, 0.25) is 5.91 Å². The minimum atomic E-state index is -4.55. The molecule has 0 unspecified atom stereocenters. The SMILES string of the molecule is NC(=O)c1ccc(NS(=O)(=O)c2ccc(C(=O)NCC(F)(F)F)cc2)cc1. The molecule has 0 heterocycles. The van der Waals surface area contributed by atoms with E-state index in [1.54, 1.807) is 5.32 Å². The lowest BCUT2D eigenvalue weighted by Gasteiger charge is -2.10. The monoisotopic (exact) mass is 401 g/mol. The van der Waals surface area contributed by atoms with Gasteiger partial charge in [-0.15, -0.1) is 0 Å². The van der Waals surface area contributed by atoms with E-state index in [4.69, 9.17) is 5.73 Å². The summed E-state index contributed by atoms with van der Waals surface area (Å²) in [5.41, 5.74) is 5.35. The first-order valence-corrected chi connectivity index (χ1v) is 8.84. The molecule has 0 radical (unpaired) electrons. The van der Waals surface area contributed by atoms with Gasteiger partial charge in [0, 0.05) is 16.8 Å². The van der Waals surface area contributed by atoms with Crippen LogP contribution in [0, 0.1) is 0 Å². The number of amides is 2. The van der Waals surface area contributed by atoms with Crippen LogP contribution in [0.5, 0.6) is 0 Å². The number of hydrogen-bond acceptors (Lipinski definition) is 4. The van der Waals surface area contributed by atoms with E-state index in [1.807, 2.05) is 0 Å². The second kappa shape index (κ2) is 7.66. The first-order valence-electron chi connectivity index (χ1n) is 7.36. The van der Waals surface area contributed by atoms with Gasteiger partial charge in [0.05, 0.1) is 4.90 Å². The van der Waals surface area contributed by atoms with E-state index in [2.05, 4.69) is 4.72 Å². The zero-order chi connectivity index (χ0) is 20.2. The van der Waals surface area contributed by atoms with Crippen molar-refractivity contribution in [3.8, 4) is 0 Å². The molecule has 2 aromatic carbocycles. The van der Waals surface area contributed by atoms with E-state index >= 15 is 0 Å². The Morgan fingerprint density at radius 2 is 1.44 bits per heavy atom. The molecule has 2 rings (SSSR count). The van der Waals surface area contributed by atoms with Crippen LogP contribution >= 0.6 is 0 Å². The molecule has 2 aromatic rings. The van der Waals surface area contributed by atoms with Gasteiger partial charge < -0.3 is 11.1 Å². The van der Waals surface area contributed by atoms with E-state index in [1.165, 1.54) is 24.3 Å². The third-order valence-corrected chi connectivity index (χ3v) is 4.70. The number of benzene rings is 2. The normalized spacial score (nSPS) is 11.7. The fourth-order valence-corrected chi connectivity index (χ4v) is 3.04. The summed E-state index contributed by atoms with van der Waals surface area (Å²) in [6.45, 7) is -1.49. The fraction of sp³-hybridized carbons (Fsp3) is 0.125. The number of nitrogens with one attached hydrogen (secondary N) is 2. The van der Waals surface area contributed by atoms with E-state index in [-0.39, 0.29) is 21.7 Å². The van der Waals surface area contributed by atoms with Crippen molar-refractivity contribution < 1.29 is 31.2 Å². The number of sulfonamides is 1. The molecule has 2 amide bonds. The predicted octanol–water partition coefficient (Wildman–Crippen LogP) is 1.88. The van der Waals surface area contributed by atoms with Crippen LogP contribution in [0.3, 0.4) is 0 Å². The standard InChI is InChI=1S/C16H14F3N3O4S/c17-16(18,19)9-21-15(24)11-3-7-13(8-4-11)27(25,26)22-12-5-1-10(2-6-12)14(20)23/h1-8,22H,9H2,(H2,20,23)(H,21,24). The maximum absolute atomic E-state index is 12.3. The minimum absolute atomic E-state index is 0.121. The van der Waals surface area contributed by atoms with Gasteiger partial charge >= 0.3 is 6.18 Å². The molecule has 4 N–H and O–H groups in total. The number of carbonyl (C=O) groups is 2. The van der Waals surface area contributed by atoms with Gasteiger partial charge in [0.25, 0.3) is 15.9 Å². The third-order valence-electron chi connectivity index (χ3n) is 3.30. The Bertz CT molecular complexity index is 940. The molecule has 144 valence electrons. The maximum atomic E-state index is 12.3. The summed E-state index contributed by atoms with van der Waals surface area (Å²) in [6.07, 6.45) is -4.55. The third kappa shape index (κ3) is 5.71. The number of hydrogen-bond donors (Lipinski definition) is 3. The fourth-order valence-electron chi connectivity index (χ4n) is 1.98. The summed E-state index contributed by atoms with van der Waals surface area (Å²) in [5.74, 6) is -1.64. The molecular weight excluding hydrogens is 387 g/mol. The van der Waals surface area contributed by atoms with E-state index in [9.17, 15) is 31.2 Å². The first kappa shape index (κ1) is 20.2. The molecule has 0 saturated carbocycles. The molecule has 11 heteroatoms. The molecule has 0 aliphatic carbocycles. The molecule has 0 saturated heterocycles. The Balaban J connectivity index is 2.10. The van der Waals surface area contributed by atoms with Gasteiger partial charge in [-0.1, -0.05) is 0 Å². The van der Waals surface area contributed by atoms with Gasteiger partial charge in [0.15, 0.2) is 0 Å². The van der Waals surface area contributed by atoms with Crippen LogP contribution in [-0.2, 0) is 10.0 Å². The van der Waals surface area contributed by atoms with E-state index < -0.39 is 34.6 Å². The number of anilines is 1. The van der Waals surface area contributed by atoms with Crippen LogP contribution in [0.15, 0.2) is 53.4 Å². The van der Waals surface area contributed by atoms with Crippen LogP contribution in [0.1, 0.15) is 20.7 Å². The highest BCUT2D eigenvalue weighted by Gasteiger charge is 2.28. The second-order valence-electron chi connectivity index (χ2n) is 5.37. The van der Waals surface area contributed by atoms with Crippen molar-refractivity contribution in [3.63, 3.8) is 0 Å². The van der Waals surface area contributed by atoms with Crippen molar-refractivity contribution in [3.05, 3.63) is 59.7 Å². The molecule has 0 aliphatic heterocycles. The number of carbonyl (C=O) groups excluding carboxylic acids is 2. The first-order chi connectivity index (χ1) is 12.5. The number of alkyl halides is 3. The molecule has 0 atom stereocenters. The van der Waals surface area contributed by atoms with Crippen LogP contribution < -0.4 is 15.8 Å². The second-order valence-corrected chi connectivity index (χ2v) is 7.05. The average molecular weight is 401 g/mol. The van der Waals surface area contributed by atoms with Gasteiger partial charge in [0.1, 0.15) is 6.54 Å². The highest BCUT2D eigenvalue weighted by Crippen LogP contribution is 2.18. The van der Waals surface area contributed by atoms with Crippen LogP contribution in [-0.4, -0.2) is 33.0 Å². The molecule has 0 spiro atoms. The molecule has 27 heavy (non-hydrogen) atoms. The number of rotatable bonds is 6. The lowest BCUT2D eigenvalue weighted by atomic mass is 10.2. The van der Waals surface area contributed by atoms with Gasteiger partial charge in [-0.2, -0.15) is 13.2 Å². The molecule has 0 bridgehead atoms.